The van der Waals surface area contributed by atoms with Crippen molar-refractivity contribution < 1.29 is 13.2 Å². The summed E-state index contributed by atoms with van der Waals surface area (Å²) in [7, 11) is -2.14. The number of methoxy groups -OCH3 is 1. The molecule has 0 fully saturated rings. The van der Waals surface area contributed by atoms with Gasteiger partial charge in [0.15, 0.2) is 0 Å². The Balaban J connectivity index is 2.76. The Morgan fingerprint density at radius 2 is 2.19 bits per heavy atom. The predicted octanol–water partition coefficient (Wildman–Crippen LogP) is 1.10. The third-order valence-electron chi connectivity index (χ3n) is 2.41. The molecule has 1 N–H and O–H groups in total. The minimum atomic E-state index is -3.59. The van der Waals surface area contributed by atoms with Crippen LogP contribution in [0.15, 0.2) is 28.2 Å². The molecule has 16 heavy (non-hydrogen) atoms. The molecule has 86 valence electrons. The number of sulfonamides is 1. The van der Waals surface area contributed by atoms with Gasteiger partial charge in [-0.1, -0.05) is 19.1 Å². The van der Waals surface area contributed by atoms with Crippen LogP contribution in [0.4, 0.5) is 0 Å². The summed E-state index contributed by atoms with van der Waals surface area (Å²) < 4.78 is 28.7. The van der Waals surface area contributed by atoms with Gasteiger partial charge in [0.1, 0.15) is 10.6 Å². The Morgan fingerprint density at radius 1 is 1.44 bits per heavy atom. The topological polar surface area (TPSA) is 67.8 Å². The third-order valence-corrected chi connectivity index (χ3v) is 3.70. The summed E-state index contributed by atoms with van der Waals surface area (Å²) >= 11 is 0. The minimum Gasteiger partial charge on any atom is -0.495 e. The fourth-order valence-electron chi connectivity index (χ4n) is 1.67. The molecule has 1 aliphatic rings. The van der Waals surface area contributed by atoms with E-state index in [0.717, 1.165) is 0 Å². The molecular weight excluding hydrogens is 228 g/mol. The third kappa shape index (κ3) is 1.55. The summed E-state index contributed by atoms with van der Waals surface area (Å²) in [6, 6.07) is 5.11. The number of benzene rings is 1. The molecule has 0 radical (unpaired) electrons. The van der Waals surface area contributed by atoms with E-state index in [9.17, 15) is 8.42 Å². The Labute approximate surface area is 94.2 Å². The zero-order valence-electron chi connectivity index (χ0n) is 9.02. The van der Waals surface area contributed by atoms with Gasteiger partial charge in [0.2, 0.25) is 0 Å². The summed E-state index contributed by atoms with van der Waals surface area (Å²) in [5.41, 5.74) is 1.32. The van der Waals surface area contributed by atoms with E-state index in [0.29, 0.717) is 23.4 Å². The van der Waals surface area contributed by atoms with Crippen LogP contribution in [0.5, 0.6) is 5.75 Å². The average Bonchev–Trinajstić information content (AvgIpc) is 2.28. The van der Waals surface area contributed by atoms with Gasteiger partial charge in [-0.2, -0.15) is 18.4 Å². The highest BCUT2D eigenvalue weighted by Crippen LogP contribution is 2.30. The minimum absolute atomic E-state index is 0.171. The van der Waals surface area contributed by atoms with Crippen molar-refractivity contribution in [3.8, 4) is 5.75 Å². The number of hydrogen-bond donors (Lipinski definition) is 1. The summed E-state index contributed by atoms with van der Waals surface area (Å²) in [6.07, 6.45) is 0.655. The molecule has 0 unspecified atom stereocenters. The Hall–Kier alpha value is -1.56. The second-order valence-electron chi connectivity index (χ2n) is 3.34. The molecular formula is C10H12N2O3S. The molecule has 1 aromatic carbocycles. The van der Waals surface area contributed by atoms with Crippen molar-refractivity contribution in [2.24, 2.45) is 5.10 Å². The molecule has 1 aliphatic heterocycles. The fourth-order valence-corrected chi connectivity index (χ4v) is 2.88. The molecule has 0 bridgehead atoms. The lowest BCUT2D eigenvalue weighted by molar-refractivity contribution is 0.402. The van der Waals surface area contributed by atoms with Crippen LogP contribution >= 0.6 is 0 Å². The maximum absolute atomic E-state index is 11.8. The zero-order valence-corrected chi connectivity index (χ0v) is 9.84. The van der Waals surface area contributed by atoms with Crippen molar-refractivity contribution >= 4 is 15.7 Å². The molecule has 0 saturated carbocycles. The number of nitrogens with one attached hydrogen (secondary N) is 1. The van der Waals surface area contributed by atoms with Gasteiger partial charge in [-0.15, -0.1) is 0 Å². The van der Waals surface area contributed by atoms with Crippen LogP contribution in [0.1, 0.15) is 18.9 Å². The quantitative estimate of drug-likeness (QED) is 0.841. The van der Waals surface area contributed by atoms with E-state index in [1.807, 2.05) is 6.92 Å². The predicted molar refractivity (Wildman–Crippen MR) is 60.1 cm³/mol. The van der Waals surface area contributed by atoms with Crippen molar-refractivity contribution in [2.45, 2.75) is 18.2 Å². The van der Waals surface area contributed by atoms with E-state index in [1.165, 1.54) is 7.11 Å². The first kappa shape index (κ1) is 10.9. The first-order valence-corrected chi connectivity index (χ1v) is 6.34. The van der Waals surface area contributed by atoms with Crippen LogP contribution in [0.3, 0.4) is 0 Å². The largest absolute Gasteiger partial charge is 0.495 e. The highest BCUT2D eigenvalue weighted by molar-refractivity contribution is 7.89. The number of fused-ring (bicyclic) bond motifs is 1. The molecule has 0 spiro atoms. The van der Waals surface area contributed by atoms with Crippen molar-refractivity contribution in [2.75, 3.05) is 7.11 Å². The van der Waals surface area contributed by atoms with E-state index in [1.54, 1.807) is 18.2 Å². The van der Waals surface area contributed by atoms with E-state index < -0.39 is 10.0 Å². The molecule has 0 aliphatic carbocycles. The second-order valence-corrected chi connectivity index (χ2v) is 4.94. The second kappa shape index (κ2) is 3.79. The van der Waals surface area contributed by atoms with E-state index in [-0.39, 0.29) is 4.90 Å². The molecule has 2 rings (SSSR count). The van der Waals surface area contributed by atoms with Gasteiger partial charge in [-0.25, -0.2) is 0 Å². The molecule has 1 heterocycles. The number of ether oxygens (including phenoxy) is 1. The van der Waals surface area contributed by atoms with Crippen LogP contribution in [-0.4, -0.2) is 21.2 Å². The molecule has 0 aromatic heterocycles. The smallest absolute Gasteiger partial charge is 0.280 e. The summed E-state index contributed by atoms with van der Waals surface area (Å²) in [4.78, 5) is 2.34. The standard InChI is InChI=1S/C10H12N2O3S/c1-3-8-7-5-4-6-9(15-2)10(7)16(13,14)12-11-8/h4-6,12H,3H2,1-2H3. The van der Waals surface area contributed by atoms with Gasteiger partial charge in [0, 0.05) is 5.56 Å². The lowest BCUT2D eigenvalue weighted by Crippen LogP contribution is -2.28. The monoisotopic (exact) mass is 240 g/mol. The van der Waals surface area contributed by atoms with E-state index >= 15 is 0 Å². The van der Waals surface area contributed by atoms with Gasteiger partial charge in [0.25, 0.3) is 10.0 Å². The molecule has 1 aromatic rings. The van der Waals surface area contributed by atoms with Gasteiger partial charge < -0.3 is 4.74 Å². The van der Waals surface area contributed by atoms with Gasteiger partial charge in [0.05, 0.1) is 12.8 Å². The lowest BCUT2D eigenvalue weighted by atomic mass is 10.1. The Bertz CT molecular complexity index is 549. The molecule has 0 saturated heterocycles. The average molecular weight is 240 g/mol. The SMILES string of the molecule is CCC1=NNS(=O)(=O)c2c(OC)cccc21. The first-order chi connectivity index (χ1) is 7.60. The normalized spacial score (nSPS) is 17.0. The van der Waals surface area contributed by atoms with Crippen molar-refractivity contribution in [3.05, 3.63) is 23.8 Å². The lowest BCUT2D eigenvalue weighted by Gasteiger charge is -2.18. The number of nitrogens with zero attached hydrogens (tertiary/aromatic N) is 1. The van der Waals surface area contributed by atoms with E-state index in [4.69, 9.17) is 4.74 Å². The van der Waals surface area contributed by atoms with Crippen LogP contribution in [0, 0.1) is 0 Å². The maximum Gasteiger partial charge on any atom is 0.280 e. The van der Waals surface area contributed by atoms with Gasteiger partial charge in [-0.3, -0.25) is 0 Å². The van der Waals surface area contributed by atoms with Crippen molar-refractivity contribution in [3.63, 3.8) is 0 Å². The summed E-state index contributed by atoms with van der Waals surface area (Å²) in [5, 5.41) is 3.84. The molecule has 0 amide bonds. The Kier molecular flexibility index (Phi) is 2.59. The number of hydrazone groups is 1. The van der Waals surface area contributed by atoms with Gasteiger partial charge >= 0.3 is 0 Å². The maximum atomic E-state index is 11.8. The molecule has 0 atom stereocenters. The van der Waals surface area contributed by atoms with Gasteiger partial charge in [-0.05, 0) is 12.5 Å². The number of rotatable bonds is 2. The summed E-state index contributed by atoms with van der Waals surface area (Å²) in [5.74, 6) is 0.339. The van der Waals surface area contributed by atoms with E-state index in [2.05, 4.69) is 9.93 Å². The van der Waals surface area contributed by atoms with Crippen molar-refractivity contribution in [1.29, 1.82) is 0 Å². The molecule has 5 nitrogen and oxygen atoms in total. The van der Waals surface area contributed by atoms with Crippen LogP contribution in [-0.2, 0) is 10.0 Å². The van der Waals surface area contributed by atoms with Crippen molar-refractivity contribution in [1.82, 2.24) is 4.83 Å². The van der Waals surface area contributed by atoms with Crippen LogP contribution in [0.25, 0.3) is 0 Å². The summed E-state index contributed by atoms with van der Waals surface area (Å²) in [6.45, 7) is 1.92. The first-order valence-electron chi connectivity index (χ1n) is 4.86. The zero-order chi connectivity index (χ0) is 11.8. The molecule has 6 heteroatoms. The van der Waals surface area contributed by atoms with Crippen LogP contribution < -0.4 is 9.57 Å². The Morgan fingerprint density at radius 3 is 2.81 bits per heavy atom. The number of hydrogen-bond acceptors (Lipinski definition) is 4. The van der Waals surface area contributed by atoms with Crippen LogP contribution in [0.2, 0.25) is 0 Å². The highest BCUT2D eigenvalue weighted by atomic mass is 32.2. The fraction of sp³-hybridized carbons (Fsp3) is 0.300. The highest BCUT2D eigenvalue weighted by Gasteiger charge is 2.28.